The molecule has 1 saturated carbocycles. The Hall–Kier alpha value is -0.870. The van der Waals surface area contributed by atoms with Crippen molar-refractivity contribution in [1.82, 2.24) is 14.9 Å². The molecule has 0 radical (unpaired) electrons. The summed E-state index contributed by atoms with van der Waals surface area (Å²) < 4.78 is 8.37. The molecule has 21 heavy (non-hydrogen) atoms. The van der Waals surface area contributed by atoms with Gasteiger partial charge in [-0.3, -0.25) is 0 Å². The van der Waals surface area contributed by atoms with Gasteiger partial charge in [0.2, 0.25) is 0 Å². The van der Waals surface area contributed by atoms with E-state index < -0.39 is 0 Å². The maximum atomic E-state index is 6.13. The molecule has 120 valence electrons. The van der Waals surface area contributed by atoms with Crippen LogP contribution in [0.3, 0.4) is 0 Å². The molecule has 1 heterocycles. The molecule has 1 aromatic rings. The van der Waals surface area contributed by atoms with Crippen molar-refractivity contribution in [1.29, 1.82) is 0 Å². The smallest absolute Gasteiger partial charge is 0.128 e. The molecular formula is C17H31N3O. The summed E-state index contributed by atoms with van der Waals surface area (Å²) in [7, 11) is 1.88. The molecule has 1 aliphatic rings. The Morgan fingerprint density at radius 2 is 2.00 bits per heavy atom. The summed E-state index contributed by atoms with van der Waals surface area (Å²) in [6.45, 7) is 6.35. The van der Waals surface area contributed by atoms with Gasteiger partial charge in [0.05, 0.1) is 11.6 Å². The normalized spacial score (nSPS) is 20.1. The van der Waals surface area contributed by atoms with Gasteiger partial charge in [0, 0.05) is 26.0 Å². The standard InChI is InChI=1S/C17H31N3O/c1-4-12-18-15(16-19-13-14-20(16)5-2)17(21-3)10-8-6-7-9-11-17/h13-15,18H,4-12H2,1-3H3. The van der Waals surface area contributed by atoms with Gasteiger partial charge in [-0.25, -0.2) is 4.98 Å². The number of aryl methyl sites for hydroxylation is 1. The van der Waals surface area contributed by atoms with Gasteiger partial charge in [0.1, 0.15) is 5.82 Å². The van der Waals surface area contributed by atoms with Crippen LogP contribution in [-0.4, -0.2) is 28.8 Å². The van der Waals surface area contributed by atoms with E-state index >= 15 is 0 Å². The third-order valence-electron chi connectivity index (χ3n) is 4.83. The molecule has 0 aliphatic heterocycles. The minimum Gasteiger partial charge on any atom is -0.376 e. The molecule has 0 amide bonds. The highest BCUT2D eigenvalue weighted by Crippen LogP contribution is 2.39. The van der Waals surface area contributed by atoms with Crippen LogP contribution < -0.4 is 5.32 Å². The van der Waals surface area contributed by atoms with Gasteiger partial charge in [-0.05, 0) is 32.7 Å². The lowest BCUT2D eigenvalue weighted by atomic mass is 9.85. The van der Waals surface area contributed by atoms with Crippen LogP contribution in [0.5, 0.6) is 0 Å². The summed E-state index contributed by atoms with van der Waals surface area (Å²) in [4.78, 5) is 4.66. The number of methoxy groups -OCH3 is 1. The second kappa shape index (κ2) is 7.95. The van der Waals surface area contributed by atoms with Crippen LogP contribution in [0.4, 0.5) is 0 Å². The molecule has 4 heteroatoms. The molecule has 1 aromatic heterocycles. The summed E-state index contributed by atoms with van der Waals surface area (Å²) in [5.74, 6) is 1.13. The Morgan fingerprint density at radius 1 is 1.29 bits per heavy atom. The lowest BCUT2D eigenvalue weighted by Gasteiger charge is -2.39. The number of hydrogen-bond acceptors (Lipinski definition) is 3. The molecule has 1 fully saturated rings. The average molecular weight is 293 g/mol. The van der Waals surface area contributed by atoms with E-state index in [0.29, 0.717) is 0 Å². The average Bonchev–Trinajstić information content (AvgIpc) is 2.84. The zero-order chi connectivity index (χ0) is 15.1. The molecule has 1 atom stereocenters. The van der Waals surface area contributed by atoms with Crippen molar-refractivity contribution < 1.29 is 4.74 Å². The van der Waals surface area contributed by atoms with Gasteiger partial charge in [-0.15, -0.1) is 0 Å². The maximum Gasteiger partial charge on any atom is 0.128 e. The fourth-order valence-corrected chi connectivity index (χ4v) is 3.59. The van der Waals surface area contributed by atoms with Gasteiger partial charge < -0.3 is 14.6 Å². The van der Waals surface area contributed by atoms with E-state index in [2.05, 4.69) is 34.9 Å². The Bertz CT molecular complexity index is 408. The number of rotatable bonds is 7. The highest BCUT2D eigenvalue weighted by molar-refractivity contribution is 5.09. The van der Waals surface area contributed by atoms with E-state index in [-0.39, 0.29) is 11.6 Å². The van der Waals surface area contributed by atoms with E-state index in [1.54, 1.807) is 0 Å². The first-order valence-corrected chi connectivity index (χ1v) is 8.57. The van der Waals surface area contributed by atoms with Gasteiger partial charge in [-0.2, -0.15) is 0 Å². The largest absolute Gasteiger partial charge is 0.376 e. The van der Waals surface area contributed by atoms with Crippen molar-refractivity contribution in [2.24, 2.45) is 0 Å². The van der Waals surface area contributed by atoms with Crippen LogP contribution in [0.25, 0.3) is 0 Å². The van der Waals surface area contributed by atoms with Crippen LogP contribution in [-0.2, 0) is 11.3 Å². The Balaban J connectivity index is 2.32. The van der Waals surface area contributed by atoms with Crippen molar-refractivity contribution in [2.75, 3.05) is 13.7 Å². The fourth-order valence-electron chi connectivity index (χ4n) is 3.59. The second-order valence-electron chi connectivity index (χ2n) is 6.14. The van der Waals surface area contributed by atoms with E-state index in [0.717, 1.165) is 38.2 Å². The molecule has 0 spiro atoms. The van der Waals surface area contributed by atoms with E-state index in [1.165, 1.54) is 25.7 Å². The highest BCUT2D eigenvalue weighted by Gasteiger charge is 2.41. The third-order valence-corrected chi connectivity index (χ3v) is 4.83. The lowest BCUT2D eigenvalue weighted by Crippen LogP contribution is -2.46. The van der Waals surface area contributed by atoms with Gasteiger partial charge in [0.25, 0.3) is 0 Å². The molecule has 0 saturated heterocycles. The predicted molar refractivity (Wildman–Crippen MR) is 86.4 cm³/mol. The number of nitrogens with one attached hydrogen (secondary N) is 1. The number of aromatic nitrogens is 2. The molecule has 1 N–H and O–H groups in total. The van der Waals surface area contributed by atoms with Crippen LogP contribution in [0.15, 0.2) is 12.4 Å². The van der Waals surface area contributed by atoms with Gasteiger partial charge in [-0.1, -0.05) is 32.6 Å². The molecule has 1 unspecified atom stereocenters. The Morgan fingerprint density at radius 3 is 2.57 bits per heavy atom. The third kappa shape index (κ3) is 3.67. The molecule has 2 rings (SSSR count). The quantitative estimate of drug-likeness (QED) is 0.779. The SMILES string of the molecule is CCCNC(c1nccn1CC)C1(OC)CCCCCC1. The summed E-state index contributed by atoms with van der Waals surface area (Å²) in [5.41, 5.74) is -0.107. The zero-order valence-corrected chi connectivity index (χ0v) is 13.9. The molecule has 0 bridgehead atoms. The van der Waals surface area contributed by atoms with E-state index in [4.69, 9.17) is 4.74 Å². The Kier molecular flexibility index (Phi) is 6.24. The highest BCUT2D eigenvalue weighted by atomic mass is 16.5. The molecule has 4 nitrogen and oxygen atoms in total. The zero-order valence-electron chi connectivity index (χ0n) is 13.9. The van der Waals surface area contributed by atoms with Crippen molar-refractivity contribution >= 4 is 0 Å². The molecule has 0 aromatic carbocycles. The topological polar surface area (TPSA) is 39.1 Å². The van der Waals surface area contributed by atoms with E-state index in [1.807, 2.05) is 13.3 Å². The second-order valence-corrected chi connectivity index (χ2v) is 6.14. The summed E-state index contributed by atoms with van der Waals surface area (Å²) >= 11 is 0. The van der Waals surface area contributed by atoms with Crippen molar-refractivity contribution in [3.8, 4) is 0 Å². The first-order valence-electron chi connectivity index (χ1n) is 8.57. The Labute approximate surface area is 129 Å². The number of ether oxygens (including phenoxy) is 1. The molecular weight excluding hydrogens is 262 g/mol. The van der Waals surface area contributed by atoms with Crippen LogP contribution >= 0.6 is 0 Å². The summed E-state index contributed by atoms with van der Waals surface area (Å²) in [6, 6.07) is 0.190. The lowest BCUT2D eigenvalue weighted by molar-refractivity contribution is -0.0568. The fraction of sp³-hybridized carbons (Fsp3) is 0.824. The van der Waals surface area contributed by atoms with Crippen LogP contribution in [0, 0.1) is 0 Å². The number of imidazole rings is 1. The van der Waals surface area contributed by atoms with Gasteiger partial charge >= 0.3 is 0 Å². The van der Waals surface area contributed by atoms with Gasteiger partial charge in [0.15, 0.2) is 0 Å². The van der Waals surface area contributed by atoms with E-state index in [9.17, 15) is 0 Å². The molecule has 1 aliphatic carbocycles. The van der Waals surface area contributed by atoms with Crippen molar-refractivity contribution in [2.45, 2.75) is 77.0 Å². The van der Waals surface area contributed by atoms with Crippen molar-refractivity contribution in [3.05, 3.63) is 18.2 Å². The number of nitrogens with zero attached hydrogens (tertiary/aromatic N) is 2. The maximum absolute atomic E-state index is 6.13. The first-order chi connectivity index (χ1) is 10.3. The predicted octanol–water partition coefficient (Wildman–Crippen LogP) is 3.68. The minimum atomic E-state index is -0.107. The minimum absolute atomic E-state index is 0.107. The van der Waals surface area contributed by atoms with Crippen molar-refractivity contribution in [3.63, 3.8) is 0 Å². The number of hydrogen-bond donors (Lipinski definition) is 1. The monoisotopic (exact) mass is 293 g/mol. The summed E-state index contributed by atoms with van der Waals surface area (Å²) in [5, 5.41) is 3.73. The van der Waals surface area contributed by atoms with Crippen LogP contribution in [0.1, 0.15) is 70.7 Å². The first kappa shape index (κ1) is 16.5. The van der Waals surface area contributed by atoms with Crippen LogP contribution in [0.2, 0.25) is 0 Å². The summed E-state index contributed by atoms with van der Waals surface area (Å²) in [6.07, 6.45) is 12.5.